The molecule has 10 rings (SSSR count). The van der Waals surface area contributed by atoms with Crippen molar-refractivity contribution < 1.29 is 32.7 Å². The van der Waals surface area contributed by atoms with Gasteiger partial charge in [-0.25, -0.2) is 0 Å². The minimum atomic E-state index is 0. The van der Waals surface area contributed by atoms with Crippen LogP contribution in [0.5, 0.6) is 0 Å². The Balaban J connectivity index is -0.0000000381. The largest absolute Gasteiger partial charge is 0.358 e. The predicted molar refractivity (Wildman–Crippen MR) is 461 cm³/mol. The normalized spacial score (nSPS) is 6.36. The van der Waals surface area contributed by atoms with Crippen LogP contribution in [-0.4, -0.2) is 0 Å². The molecular formula is C94H164Y-2. The Morgan fingerprint density at radius 2 is 0.179 bits per heavy atom. The Bertz CT molecular complexity index is 1530. The van der Waals surface area contributed by atoms with Crippen LogP contribution in [0.3, 0.4) is 0 Å². The zero-order valence-corrected chi connectivity index (χ0v) is 68.9. The fourth-order valence-corrected chi connectivity index (χ4v) is 4.21. The number of rotatable bonds is 0. The Hall–Kier alpha value is -6.44. The molecule has 10 aromatic carbocycles. The van der Waals surface area contributed by atoms with E-state index in [0.717, 1.165) is 0 Å². The molecule has 0 aliphatic carbocycles. The van der Waals surface area contributed by atoms with E-state index in [1.54, 1.807) is 0 Å². The van der Waals surface area contributed by atoms with Gasteiger partial charge in [0.1, 0.15) is 0 Å². The summed E-state index contributed by atoms with van der Waals surface area (Å²) in [7, 11) is 0. The van der Waals surface area contributed by atoms with Gasteiger partial charge in [-0.05, 0) is 10.8 Å². The Morgan fingerprint density at radius 1 is 0.137 bits per heavy atom. The second kappa shape index (κ2) is 191. The fraction of sp³-hybridized carbons (Fsp3) is 0.362. The Morgan fingerprint density at radius 3 is 0.221 bits per heavy atom. The molecule has 0 unspecified atom stereocenters. The van der Waals surface area contributed by atoms with Crippen LogP contribution >= 0.6 is 0 Å². The molecule has 0 atom stereocenters. The summed E-state index contributed by atoms with van der Waals surface area (Å²) in [5, 5.41) is 2.62. The second-order valence-corrected chi connectivity index (χ2v) is 13.7. The van der Waals surface area contributed by atoms with Gasteiger partial charge in [-0.15, -0.1) is 0 Å². The molecular weight excluding hydrogens is 1220 g/mol. The fourth-order valence-electron chi connectivity index (χ4n) is 4.21. The quantitative estimate of drug-likeness (QED) is 0.133. The average Bonchev–Trinajstić information content (AvgIpc) is 1.18. The van der Waals surface area contributed by atoms with Crippen molar-refractivity contribution >= 4 is 10.8 Å². The van der Waals surface area contributed by atoms with Crippen molar-refractivity contribution in [2.45, 2.75) is 235 Å². The van der Waals surface area contributed by atoms with E-state index in [9.17, 15) is 0 Å². The van der Waals surface area contributed by atoms with Crippen molar-refractivity contribution in [2.75, 3.05) is 0 Å². The summed E-state index contributed by atoms with van der Waals surface area (Å²) in [5.74, 6) is 0. The molecule has 10 aromatic rings. The molecule has 0 N–H and O–H groups in total. The number of hydrogen-bond donors (Lipinski definition) is 0. The summed E-state index contributed by atoms with van der Waals surface area (Å²) in [6.45, 7) is 56.8. The van der Waals surface area contributed by atoms with Gasteiger partial charge in [0.2, 0.25) is 0 Å². The summed E-state index contributed by atoms with van der Waals surface area (Å²) >= 11 is 0. The van der Waals surface area contributed by atoms with Crippen molar-refractivity contribution in [1.82, 2.24) is 0 Å². The molecule has 0 aromatic heterocycles. The summed E-state index contributed by atoms with van der Waals surface area (Å²) in [6, 6.07) is 113. The van der Waals surface area contributed by atoms with Crippen LogP contribution < -0.4 is 0 Å². The standard InChI is InChI=1S/C10H8.8C6H6.3C3H8.11C2H6.3CH4.2CH3.Y/c1-2-6-10-8-4-3-7-9(10)5-1;8*1-2-4-6-5-3-1;3*1-3-2;11*1-2;;;;;;/h1-8H;8*1-6H;3*3H2,1-2H3;11*1-2H3;3*1H4;2*1H3;/q;;;;;;;;;;;;;;;;;;;;;;;;;;2*-1;. The maximum absolute atomic E-state index is 2.12. The topological polar surface area (TPSA) is 0 Å². The first-order valence-electron chi connectivity index (χ1n) is 34.6. The van der Waals surface area contributed by atoms with E-state index in [-0.39, 0.29) is 69.8 Å². The maximum atomic E-state index is 2.12. The second-order valence-electron chi connectivity index (χ2n) is 13.7. The average molecular weight is 1380 g/mol. The minimum Gasteiger partial charge on any atom is -0.358 e. The Labute approximate surface area is 628 Å². The molecule has 0 bridgehead atoms. The first-order valence-corrected chi connectivity index (χ1v) is 34.6. The van der Waals surface area contributed by atoms with E-state index >= 15 is 0 Å². The predicted octanol–water partition coefficient (Wildman–Crippen LogP) is 34.7. The molecule has 0 fully saturated rings. The van der Waals surface area contributed by atoms with E-state index in [1.807, 2.05) is 444 Å². The minimum absolute atomic E-state index is 0. The van der Waals surface area contributed by atoms with Crippen molar-refractivity contribution in [3.05, 3.63) is 355 Å². The summed E-state index contributed by atoms with van der Waals surface area (Å²) in [6.07, 6.45) is 3.75. The maximum Gasteiger partial charge on any atom is 0 e. The molecule has 0 aliphatic rings. The van der Waals surface area contributed by atoms with Crippen LogP contribution in [0.2, 0.25) is 0 Å². The molecule has 0 saturated heterocycles. The van der Waals surface area contributed by atoms with Crippen molar-refractivity contribution in [3.63, 3.8) is 0 Å². The summed E-state index contributed by atoms with van der Waals surface area (Å²) < 4.78 is 0. The van der Waals surface area contributed by atoms with Gasteiger partial charge in [-0.1, -0.05) is 575 Å². The molecule has 0 aliphatic heterocycles. The molecule has 0 saturated carbocycles. The van der Waals surface area contributed by atoms with Crippen LogP contribution in [-0.2, 0) is 32.7 Å². The van der Waals surface area contributed by atoms with E-state index in [2.05, 4.69) is 90.1 Å². The van der Waals surface area contributed by atoms with Crippen LogP contribution in [0.25, 0.3) is 10.8 Å². The van der Waals surface area contributed by atoms with Crippen LogP contribution in [0.1, 0.15) is 235 Å². The van der Waals surface area contributed by atoms with Crippen molar-refractivity contribution in [2.24, 2.45) is 0 Å². The monoisotopic (exact) mass is 1380 g/mol. The number of fused-ring (bicyclic) bond motifs is 1. The van der Waals surface area contributed by atoms with Gasteiger partial charge in [0.25, 0.3) is 0 Å². The first kappa shape index (κ1) is 140. The van der Waals surface area contributed by atoms with Gasteiger partial charge in [-0.3, -0.25) is 0 Å². The van der Waals surface area contributed by atoms with E-state index in [0.29, 0.717) is 0 Å². The van der Waals surface area contributed by atoms with Gasteiger partial charge in [-0.2, -0.15) is 0 Å². The molecule has 95 heavy (non-hydrogen) atoms. The SMILES string of the molecule is C.C.C.CC.CC.CC.CC.CC.CC.CC.CC.CC.CC.CC.CCC.CCC.CCC.[CH3-].[CH3-].[Y].c1ccc2ccccc2c1.c1ccccc1.c1ccccc1.c1ccccc1.c1ccccc1.c1ccccc1.c1ccccc1.c1ccccc1.c1ccccc1. The number of benzene rings is 10. The van der Waals surface area contributed by atoms with Crippen LogP contribution in [0.4, 0.5) is 0 Å². The van der Waals surface area contributed by atoms with Gasteiger partial charge >= 0.3 is 0 Å². The Kier molecular flexibility index (Phi) is 283. The number of hydrogen-bond acceptors (Lipinski definition) is 0. The zero-order chi connectivity index (χ0) is 70.9. The summed E-state index contributed by atoms with van der Waals surface area (Å²) in [4.78, 5) is 0. The third kappa shape index (κ3) is 181. The molecule has 0 heterocycles. The van der Waals surface area contributed by atoms with Crippen LogP contribution in [0, 0.1) is 14.9 Å². The van der Waals surface area contributed by atoms with E-state index in [4.69, 9.17) is 0 Å². The van der Waals surface area contributed by atoms with Gasteiger partial charge in [0.05, 0.1) is 0 Å². The van der Waals surface area contributed by atoms with Gasteiger partial charge in [0.15, 0.2) is 0 Å². The smallest absolute Gasteiger partial charge is 0 e. The van der Waals surface area contributed by atoms with E-state index < -0.39 is 0 Å². The third-order valence-corrected chi connectivity index (χ3v) is 6.99. The zero-order valence-electron chi connectivity index (χ0n) is 66.0. The molecule has 0 nitrogen and oxygen atoms in total. The van der Waals surface area contributed by atoms with Crippen molar-refractivity contribution in [3.8, 4) is 0 Å². The summed E-state index contributed by atoms with van der Waals surface area (Å²) in [5.41, 5.74) is 0. The van der Waals surface area contributed by atoms with E-state index in [1.165, 1.54) is 30.0 Å². The molecule has 545 valence electrons. The molecule has 1 heteroatoms. The molecule has 0 spiro atoms. The van der Waals surface area contributed by atoms with Gasteiger partial charge in [0, 0.05) is 32.7 Å². The van der Waals surface area contributed by atoms with Crippen molar-refractivity contribution in [1.29, 1.82) is 0 Å². The van der Waals surface area contributed by atoms with Crippen LogP contribution in [0.15, 0.2) is 340 Å². The first-order chi connectivity index (χ1) is 44.2. The third-order valence-electron chi connectivity index (χ3n) is 6.99. The van der Waals surface area contributed by atoms with Gasteiger partial charge < -0.3 is 14.9 Å². The molecule has 1 radical (unpaired) electrons. The molecule has 0 amide bonds.